The quantitative estimate of drug-likeness (QED) is 0.534. The molecule has 3 aliphatic rings. The molecule has 2 aromatic carbocycles. The topological polar surface area (TPSA) is 70.7 Å². The van der Waals surface area contributed by atoms with Gasteiger partial charge in [0.1, 0.15) is 5.75 Å². The van der Waals surface area contributed by atoms with Crippen LogP contribution in [0.3, 0.4) is 0 Å². The molecule has 2 saturated heterocycles. The minimum atomic E-state index is -0.412. The lowest BCUT2D eigenvalue weighted by atomic mass is 9.93. The fraction of sp³-hybridized carbons (Fsp3) is 0.517. The second-order valence-electron chi connectivity index (χ2n) is 10.4. The zero-order valence-corrected chi connectivity index (χ0v) is 21.6. The normalized spacial score (nSPS) is 21.5. The van der Waals surface area contributed by atoms with Crippen LogP contribution in [0.4, 0.5) is 4.79 Å². The van der Waals surface area contributed by atoms with E-state index in [4.69, 9.17) is 16.3 Å². The molecule has 0 bridgehead atoms. The van der Waals surface area contributed by atoms with Crippen LogP contribution >= 0.6 is 11.6 Å². The number of hydrogen-bond acceptors (Lipinski definition) is 4. The summed E-state index contributed by atoms with van der Waals surface area (Å²) in [4.78, 5) is 27.4. The zero-order chi connectivity index (χ0) is 24.9. The molecule has 36 heavy (non-hydrogen) atoms. The number of benzene rings is 2. The lowest BCUT2D eigenvalue weighted by Gasteiger charge is -2.31. The molecular weight excluding hydrogens is 474 g/mol. The second kappa shape index (κ2) is 11.7. The Morgan fingerprint density at radius 2 is 1.69 bits per heavy atom. The minimum Gasteiger partial charge on any atom is -0.410 e. The highest BCUT2D eigenvalue weighted by Gasteiger charge is 2.36. The van der Waals surface area contributed by atoms with Gasteiger partial charge in [0.15, 0.2) is 0 Å². The summed E-state index contributed by atoms with van der Waals surface area (Å²) < 4.78 is 5.46. The summed E-state index contributed by atoms with van der Waals surface area (Å²) in [5.41, 5.74) is 3.02. The van der Waals surface area contributed by atoms with Crippen LogP contribution in [0.5, 0.6) is 5.75 Å². The lowest BCUT2D eigenvalue weighted by molar-refractivity contribution is -0.133. The number of carbonyl (C=O) groups is 2. The van der Waals surface area contributed by atoms with Crippen LogP contribution in [0.2, 0.25) is 5.02 Å². The van der Waals surface area contributed by atoms with E-state index in [1.807, 2.05) is 24.3 Å². The first-order valence-corrected chi connectivity index (χ1v) is 13.8. The average Bonchev–Trinajstić information content (AvgIpc) is 3.26. The number of likely N-dealkylation sites (tertiary alicyclic amines) is 1. The fourth-order valence-electron chi connectivity index (χ4n) is 5.85. The highest BCUT2D eigenvalue weighted by molar-refractivity contribution is 6.31. The molecule has 3 fully saturated rings. The van der Waals surface area contributed by atoms with Gasteiger partial charge < -0.3 is 20.3 Å². The van der Waals surface area contributed by atoms with Gasteiger partial charge in [0, 0.05) is 29.6 Å². The summed E-state index contributed by atoms with van der Waals surface area (Å²) in [5, 5.41) is 6.91. The molecular formula is C29H36ClN3O3. The van der Waals surface area contributed by atoms with Gasteiger partial charge in [-0.2, -0.15) is 0 Å². The summed E-state index contributed by atoms with van der Waals surface area (Å²) in [7, 11) is 0. The minimum absolute atomic E-state index is 0.0303. The van der Waals surface area contributed by atoms with Crippen molar-refractivity contribution in [3.8, 4) is 16.9 Å². The number of piperidine rings is 1. The number of ether oxygens (including phenoxy) is 1. The Morgan fingerprint density at radius 3 is 2.42 bits per heavy atom. The summed E-state index contributed by atoms with van der Waals surface area (Å²) in [5.74, 6) is 0.847. The van der Waals surface area contributed by atoms with Crippen molar-refractivity contribution in [3.63, 3.8) is 0 Å². The van der Waals surface area contributed by atoms with Crippen LogP contribution in [0.15, 0.2) is 42.5 Å². The van der Waals surface area contributed by atoms with Gasteiger partial charge in [0.2, 0.25) is 5.91 Å². The van der Waals surface area contributed by atoms with Gasteiger partial charge in [0.25, 0.3) is 0 Å². The molecule has 6 nitrogen and oxygen atoms in total. The maximum absolute atomic E-state index is 13.1. The largest absolute Gasteiger partial charge is 0.412 e. The van der Waals surface area contributed by atoms with E-state index in [9.17, 15) is 9.59 Å². The molecule has 2 N–H and O–H groups in total. The van der Waals surface area contributed by atoms with Crippen molar-refractivity contribution in [2.45, 2.75) is 69.9 Å². The number of nitrogens with zero attached hydrogens (tertiary/aromatic N) is 1. The van der Waals surface area contributed by atoms with E-state index in [0.29, 0.717) is 29.1 Å². The van der Waals surface area contributed by atoms with Gasteiger partial charge in [-0.15, -0.1) is 0 Å². The van der Waals surface area contributed by atoms with Gasteiger partial charge in [0.05, 0.1) is 0 Å². The third-order valence-electron chi connectivity index (χ3n) is 7.94. The number of hydrogen-bond donors (Lipinski definition) is 2. The predicted molar refractivity (Wildman–Crippen MR) is 142 cm³/mol. The van der Waals surface area contributed by atoms with E-state index in [1.165, 1.54) is 19.3 Å². The molecule has 0 aromatic heterocycles. The molecule has 2 aliphatic heterocycles. The molecule has 1 atom stereocenters. The molecule has 2 heterocycles. The molecule has 1 unspecified atom stereocenters. The molecule has 1 saturated carbocycles. The first-order chi connectivity index (χ1) is 17.6. The third kappa shape index (κ3) is 6.04. The standard InChI is InChI=1S/C29H36ClN3O3/c30-27-19-21(20-8-10-26(11-9-20)36-29(35)32-24-12-15-31-16-13-24)6-7-22(27)18-23-14-17-33(28(23)34)25-4-2-1-3-5-25/h6-11,19,23-25,31H,1-5,12-18H2,(H,32,35). The number of halogens is 1. The van der Waals surface area contributed by atoms with Gasteiger partial charge in [-0.1, -0.05) is 55.1 Å². The summed E-state index contributed by atoms with van der Waals surface area (Å²) in [6.45, 7) is 2.71. The highest BCUT2D eigenvalue weighted by Crippen LogP contribution is 2.33. The third-order valence-corrected chi connectivity index (χ3v) is 8.30. The van der Waals surface area contributed by atoms with Crippen molar-refractivity contribution < 1.29 is 14.3 Å². The van der Waals surface area contributed by atoms with Crippen molar-refractivity contribution in [2.75, 3.05) is 19.6 Å². The first-order valence-electron chi connectivity index (χ1n) is 13.5. The predicted octanol–water partition coefficient (Wildman–Crippen LogP) is 5.57. The highest BCUT2D eigenvalue weighted by atomic mass is 35.5. The van der Waals surface area contributed by atoms with Gasteiger partial charge in [-0.05, 0) is 86.5 Å². The second-order valence-corrected chi connectivity index (χ2v) is 10.8. The van der Waals surface area contributed by atoms with E-state index in [2.05, 4.69) is 21.6 Å². The first kappa shape index (κ1) is 25.1. The average molecular weight is 510 g/mol. The summed E-state index contributed by atoms with van der Waals surface area (Å²) in [6.07, 6.45) is 9.12. The number of nitrogens with one attached hydrogen (secondary N) is 2. The van der Waals surface area contributed by atoms with Crippen LogP contribution in [0.1, 0.15) is 56.9 Å². The van der Waals surface area contributed by atoms with Gasteiger partial charge >= 0.3 is 6.09 Å². The van der Waals surface area contributed by atoms with Crippen LogP contribution < -0.4 is 15.4 Å². The number of rotatable bonds is 6. The Kier molecular flexibility index (Phi) is 8.12. The van der Waals surface area contributed by atoms with Gasteiger partial charge in [-0.25, -0.2) is 4.79 Å². The summed E-state index contributed by atoms with van der Waals surface area (Å²) in [6, 6.07) is 14.1. The fourth-order valence-corrected chi connectivity index (χ4v) is 6.11. The Morgan fingerprint density at radius 1 is 0.972 bits per heavy atom. The molecule has 2 aromatic rings. The molecule has 1 aliphatic carbocycles. The van der Waals surface area contributed by atoms with E-state index in [0.717, 1.165) is 68.4 Å². The molecule has 7 heteroatoms. The van der Waals surface area contributed by atoms with Crippen molar-refractivity contribution in [3.05, 3.63) is 53.1 Å². The molecule has 5 rings (SSSR count). The van der Waals surface area contributed by atoms with Crippen LogP contribution in [-0.2, 0) is 11.2 Å². The SMILES string of the molecule is O=C(NC1CCNCC1)Oc1ccc(-c2ccc(CC3CCN(C4CCCCC4)C3=O)c(Cl)c2)cc1. The number of carbonyl (C=O) groups excluding carboxylic acids is 2. The maximum Gasteiger partial charge on any atom is 0.412 e. The molecule has 0 radical (unpaired) electrons. The molecule has 2 amide bonds. The van der Waals surface area contributed by atoms with Crippen molar-refractivity contribution in [1.29, 1.82) is 0 Å². The number of amides is 2. The zero-order valence-electron chi connectivity index (χ0n) is 20.8. The Balaban J connectivity index is 1.17. The van der Waals surface area contributed by atoms with E-state index < -0.39 is 6.09 Å². The molecule has 192 valence electrons. The van der Waals surface area contributed by atoms with E-state index >= 15 is 0 Å². The maximum atomic E-state index is 13.1. The van der Waals surface area contributed by atoms with Crippen LogP contribution in [0.25, 0.3) is 11.1 Å². The lowest BCUT2D eigenvalue weighted by Crippen LogP contribution is -2.43. The Labute approximate surface area is 218 Å². The van der Waals surface area contributed by atoms with Crippen molar-refractivity contribution in [1.82, 2.24) is 15.5 Å². The van der Waals surface area contributed by atoms with Crippen LogP contribution in [0, 0.1) is 5.92 Å². The van der Waals surface area contributed by atoms with E-state index in [1.54, 1.807) is 12.1 Å². The smallest absolute Gasteiger partial charge is 0.410 e. The molecule has 0 spiro atoms. The Hall–Kier alpha value is -2.57. The van der Waals surface area contributed by atoms with Crippen LogP contribution in [-0.4, -0.2) is 48.6 Å². The monoisotopic (exact) mass is 509 g/mol. The van der Waals surface area contributed by atoms with Crippen molar-refractivity contribution >= 4 is 23.6 Å². The van der Waals surface area contributed by atoms with Crippen molar-refractivity contribution in [2.24, 2.45) is 5.92 Å². The Bertz CT molecular complexity index is 1060. The summed E-state index contributed by atoms with van der Waals surface area (Å²) >= 11 is 6.68. The van der Waals surface area contributed by atoms with E-state index in [-0.39, 0.29) is 12.0 Å². The van der Waals surface area contributed by atoms with Gasteiger partial charge in [-0.3, -0.25) is 4.79 Å².